The summed E-state index contributed by atoms with van der Waals surface area (Å²) in [5.74, 6) is -0.130. The van der Waals surface area contributed by atoms with E-state index in [2.05, 4.69) is 10.4 Å². The Bertz CT molecular complexity index is 385. The molecule has 1 unspecified atom stereocenters. The maximum atomic E-state index is 12.1. The van der Waals surface area contributed by atoms with E-state index in [9.17, 15) is 9.90 Å². The predicted octanol–water partition coefficient (Wildman–Crippen LogP) is 0.102. The van der Waals surface area contributed by atoms with Crippen LogP contribution in [0.25, 0.3) is 0 Å². The average molecular weight is 253 g/mol. The van der Waals surface area contributed by atoms with Crippen molar-refractivity contribution < 1.29 is 14.6 Å². The van der Waals surface area contributed by atoms with Gasteiger partial charge in [-0.2, -0.15) is 5.10 Å². The molecule has 1 aromatic heterocycles. The highest BCUT2D eigenvalue weighted by Crippen LogP contribution is 2.21. The fourth-order valence-corrected chi connectivity index (χ4v) is 2.08. The fourth-order valence-electron chi connectivity index (χ4n) is 2.08. The SMILES string of the molecule is CC(C(=O)NC1(CO)CCOCC1)n1cccn1. The van der Waals surface area contributed by atoms with Gasteiger partial charge in [0.25, 0.3) is 0 Å². The molecule has 1 aliphatic heterocycles. The molecule has 2 heterocycles. The zero-order valence-corrected chi connectivity index (χ0v) is 10.5. The molecule has 0 radical (unpaired) electrons. The first kappa shape index (κ1) is 13.0. The monoisotopic (exact) mass is 253 g/mol. The minimum absolute atomic E-state index is 0.0616. The molecule has 6 heteroatoms. The summed E-state index contributed by atoms with van der Waals surface area (Å²) in [6.45, 7) is 2.86. The number of hydrogen-bond acceptors (Lipinski definition) is 4. The lowest BCUT2D eigenvalue weighted by Crippen LogP contribution is -2.55. The van der Waals surface area contributed by atoms with E-state index < -0.39 is 5.54 Å². The Morgan fingerprint density at radius 1 is 1.61 bits per heavy atom. The van der Waals surface area contributed by atoms with Crippen molar-refractivity contribution in [1.29, 1.82) is 0 Å². The first-order valence-corrected chi connectivity index (χ1v) is 6.17. The summed E-state index contributed by atoms with van der Waals surface area (Å²) in [6.07, 6.45) is 4.67. The molecule has 0 saturated carbocycles. The smallest absolute Gasteiger partial charge is 0.245 e. The standard InChI is InChI=1S/C12H19N3O3/c1-10(15-6-2-5-13-15)11(17)14-12(9-16)3-7-18-8-4-12/h2,5-6,10,16H,3-4,7-9H2,1H3,(H,14,17). The number of hydrogen-bond donors (Lipinski definition) is 2. The van der Waals surface area contributed by atoms with Crippen molar-refractivity contribution in [2.45, 2.75) is 31.3 Å². The minimum atomic E-state index is -0.545. The Morgan fingerprint density at radius 3 is 2.89 bits per heavy atom. The summed E-state index contributed by atoms with van der Waals surface area (Å²) >= 11 is 0. The van der Waals surface area contributed by atoms with E-state index in [4.69, 9.17) is 4.74 Å². The van der Waals surface area contributed by atoms with Crippen LogP contribution in [0.4, 0.5) is 0 Å². The molecule has 1 amide bonds. The van der Waals surface area contributed by atoms with Crippen molar-refractivity contribution in [3.63, 3.8) is 0 Å². The molecule has 6 nitrogen and oxygen atoms in total. The Labute approximate surface area is 106 Å². The summed E-state index contributed by atoms with van der Waals surface area (Å²) in [5.41, 5.74) is -0.545. The molecule has 1 aromatic rings. The van der Waals surface area contributed by atoms with Crippen molar-refractivity contribution in [2.24, 2.45) is 0 Å². The van der Waals surface area contributed by atoms with Gasteiger partial charge in [-0.25, -0.2) is 0 Å². The van der Waals surface area contributed by atoms with Crippen LogP contribution >= 0.6 is 0 Å². The van der Waals surface area contributed by atoms with Crippen LogP contribution in [-0.4, -0.2) is 46.2 Å². The normalized spacial score (nSPS) is 20.3. The molecule has 18 heavy (non-hydrogen) atoms. The van der Waals surface area contributed by atoms with E-state index in [1.807, 2.05) is 0 Å². The molecule has 1 fully saturated rings. The molecule has 0 spiro atoms. The molecule has 2 N–H and O–H groups in total. The lowest BCUT2D eigenvalue weighted by atomic mass is 9.90. The summed E-state index contributed by atoms with van der Waals surface area (Å²) in [7, 11) is 0. The van der Waals surface area contributed by atoms with Crippen LogP contribution in [0.15, 0.2) is 18.5 Å². The number of nitrogens with one attached hydrogen (secondary N) is 1. The molecular weight excluding hydrogens is 234 g/mol. The van der Waals surface area contributed by atoms with Gasteiger partial charge in [0.1, 0.15) is 6.04 Å². The number of aromatic nitrogens is 2. The predicted molar refractivity (Wildman–Crippen MR) is 65.0 cm³/mol. The zero-order chi connectivity index (χ0) is 13.0. The maximum absolute atomic E-state index is 12.1. The van der Waals surface area contributed by atoms with E-state index >= 15 is 0 Å². The van der Waals surface area contributed by atoms with Gasteiger partial charge < -0.3 is 15.2 Å². The number of ether oxygens (including phenoxy) is 1. The van der Waals surface area contributed by atoms with Gasteiger partial charge >= 0.3 is 0 Å². The third kappa shape index (κ3) is 2.70. The topological polar surface area (TPSA) is 76.4 Å². The summed E-state index contributed by atoms with van der Waals surface area (Å²) in [5, 5.41) is 16.5. The van der Waals surface area contributed by atoms with Gasteiger partial charge in [-0.3, -0.25) is 9.48 Å². The second-order valence-electron chi connectivity index (χ2n) is 4.70. The third-order valence-electron chi connectivity index (χ3n) is 3.44. The molecule has 1 atom stereocenters. The van der Waals surface area contributed by atoms with E-state index in [1.165, 1.54) is 0 Å². The van der Waals surface area contributed by atoms with Crippen LogP contribution in [0.2, 0.25) is 0 Å². The number of carbonyl (C=O) groups excluding carboxylic acids is 1. The summed E-state index contributed by atoms with van der Waals surface area (Å²) in [4.78, 5) is 12.1. The first-order chi connectivity index (χ1) is 8.67. The highest BCUT2D eigenvalue weighted by atomic mass is 16.5. The summed E-state index contributed by atoms with van der Waals surface area (Å²) < 4.78 is 6.86. The van der Waals surface area contributed by atoms with Crippen LogP contribution in [-0.2, 0) is 9.53 Å². The van der Waals surface area contributed by atoms with Gasteiger partial charge in [0.2, 0.25) is 5.91 Å². The van der Waals surface area contributed by atoms with Gasteiger partial charge in [0.05, 0.1) is 12.1 Å². The zero-order valence-electron chi connectivity index (χ0n) is 10.5. The minimum Gasteiger partial charge on any atom is -0.394 e. The van der Waals surface area contributed by atoms with Gasteiger partial charge in [0, 0.05) is 25.6 Å². The van der Waals surface area contributed by atoms with E-state index in [1.54, 1.807) is 30.1 Å². The molecular formula is C12H19N3O3. The molecule has 1 saturated heterocycles. The van der Waals surface area contributed by atoms with Crippen molar-refractivity contribution >= 4 is 5.91 Å². The summed E-state index contributed by atoms with van der Waals surface area (Å²) in [6, 6.07) is 1.39. The van der Waals surface area contributed by atoms with E-state index in [-0.39, 0.29) is 18.6 Å². The van der Waals surface area contributed by atoms with Crippen molar-refractivity contribution in [3.8, 4) is 0 Å². The Kier molecular flexibility index (Phi) is 3.98. The van der Waals surface area contributed by atoms with E-state index in [0.29, 0.717) is 26.1 Å². The number of aliphatic hydroxyl groups excluding tert-OH is 1. The molecule has 0 aromatic carbocycles. The number of carbonyl (C=O) groups is 1. The lowest BCUT2D eigenvalue weighted by Gasteiger charge is -2.37. The largest absolute Gasteiger partial charge is 0.394 e. The van der Waals surface area contributed by atoms with Crippen LogP contribution in [0.3, 0.4) is 0 Å². The second-order valence-corrected chi connectivity index (χ2v) is 4.70. The van der Waals surface area contributed by atoms with Gasteiger partial charge in [-0.05, 0) is 25.8 Å². The fraction of sp³-hybridized carbons (Fsp3) is 0.667. The number of amides is 1. The van der Waals surface area contributed by atoms with Gasteiger partial charge in [0.15, 0.2) is 0 Å². The van der Waals surface area contributed by atoms with Crippen molar-refractivity contribution in [1.82, 2.24) is 15.1 Å². The highest BCUT2D eigenvalue weighted by molar-refractivity contribution is 5.80. The number of aliphatic hydroxyl groups is 1. The van der Waals surface area contributed by atoms with Crippen LogP contribution in [0, 0.1) is 0 Å². The maximum Gasteiger partial charge on any atom is 0.245 e. The molecule has 100 valence electrons. The Morgan fingerprint density at radius 2 is 2.33 bits per heavy atom. The van der Waals surface area contributed by atoms with Crippen LogP contribution in [0.1, 0.15) is 25.8 Å². The molecule has 0 bridgehead atoms. The van der Waals surface area contributed by atoms with E-state index in [0.717, 1.165) is 0 Å². The van der Waals surface area contributed by atoms with Crippen LogP contribution in [0.5, 0.6) is 0 Å². The molecule has 1 aliphatic rings. The molecule has 0 aliphatic carbocycles. The first-order valence-electron chi connectivity index (χ1n) is 6.17. The van der Waals surface area contributed by atoms with Crippen molar-refractivity contribution in [3.05, 3.63) is 18.5 Å². The molecule has 2 rings (SSSR count). The number of nitrogens with zero attached hydrogens (tertiary/aromatic N) is 2. The lowest BCUT2D eigenvalue weighted by molar-refractivity contribution is -0.128. The van der Waals surface area contributed by atoms with Gasteiger partial charge in [-0.1, -0.05) is 0 Å². The number of rotatable bonds is 4. The Balaban J connectivity index is 2.01. The quantitative estimate of drug-likeness (QED) is 0.798. The average Bonchev–Trinajstić information content (AvgIpc) is 2.92. The third-order valence-corrected chi connectivity index (χ3v) is 3.44. The van der Waals surface area contributed by atoms with Gasteiger partial charge in [-0.15, -0.1) is 0 Å². The van der Waals surface area contributed by atoms with Crippen LogP contribution < -0.4 is 5.32 Å². The second kappa shape index (κ2) is 5.49. The highest BCUT2D eigenvalue weighted by Gasteiger charge is 2.34. The van der Waals surface area contributed by atoms with Crippen molar-refractivity contribution in [2.75, 3.05) is 19.8 Å². The Hall–Kier alpha value is -1.40.